The molecular weight excluding hydrogens is 270 g/mol. The molecule has 1 aliphatic heterocycles. The Balaban J connectivity index is 2.11. The molecular formula is C16H21NO4. The van der Waals surface area contributed by atoms with Gasteiger partial charge in [-0.2, -0.15) is 0 Å². The fraction of sp³-hybridized carbons (Fsp3) is 0.500. The molecule has 1 heterocycles. The number of carbonyl (C=O) groups excluding carboxylic acids is 1. The molecule has 0 radical (unpaired) electrons. The van der Waals surface area contributed by atoms with Gasteiger partial charge in [-0.15, -0.1) is 0 Å². The number of nitrogens with zero attached hydrogens (tertiary/aromatic N) is 1. The lowest BCUT2D eigenvalue weighted by Crippen LogP contribution is -2.43. The number of rotatable bonds is 3. The second-order valence-corrected chi connectivity index (χ2v) is 5.39. The summed E-state index contributed by atoms with van der Waals surface area (Å²) in [5, 5.41) is 9.11. The van der Waals surface area contributed by atoms with Gasteiger partial charge < -0.3 is 14.7 Å². The van der Waals surface area contributed by atoms with E-state index in [1.807, 2.05) is 25.1 Å². The highest BCUT2D eigenvalue weighted by Crippen LogP contribution is 2.32. The maximum Gasteiger partial charge on any atom is 0.407 e. The molecule has 1 fully saturated rings. The molecule has 1 aromatic rings. The largest absolute Gasteiger partial charge is 0.465 e. The van der Waals surface area contributed by atoms with Crippen molar-refractivity contribution in [3.05, 3.63) is 35.4 Å². The number of hydrogen-bond acceptors (Lipinski definition) is 3. The van der Waals surface area contributed by atoms with Crippen LogP contribution in [0.15, 0.2) is 24.3 Å². The topological polar surface area (TPSA) is 66.8 Å². The molecule has 1 amide bonds. The average molecular weight is 291 g/mol. The third-order valence-corrected chi connectivity index (χ3v) is 3.99. The molecule has 5 nitrogen and oxygen atoms in total. The molecule has 21 heavy (non-hydrogen) atoms. The van der Waals surface area contributed by atoms with E-state index in [-0.39, 0.29) is 17.9 Å². The van der Waals surface area contributed by atoms with Crippen LogP contribution in [-0.4, -0.2) is 41.3 Å². The zero-order valence-corrected chi connectivity index (χ0v) is 12.4. The Hall–Kier alpha value is -2.04. The molecule has 1 N–H and O–H groups in total. The summed E-state index contributed by atoms with van der Waals surface area (Å²) in [6.07, 6.45) is 0.697. The van der Waals surface area contributed by atoms with Crippen molar-refractivity contribution in [3.8, 4) is 0 Å². The SMILES string of the molecule is CCOC(=O)c1cccc(C2CCN(C(=O)O)C(C)C2)c1. The smallest absolute Gasteiger partial charge is 0.407 e. The first-order chi connectivity index (χ1) is 10.0. The van der Waals surface area contributed by atoms with E-state index in [1.165, 1.54) is 4.90 Å². The van der Waals surface area contributed by atoms with E-state index in [4.69, 9.17) is 9.84 Å². The van der Waals surface area contributed by atoms with E-state index in [1.54, 1.807) is 13.0 Å². The summed E-state index contributed by atoms with van der Waals surface area (Å²) in [5.74, 6) is -0.0275. The fourth-order valence-electron chi connectivity index (χ4n) is 2.89. The van der Waals surface area contributed by atoms with Crippen molar-refractivity contribution in [2.24, 2.45) is 0 Å². The molecule has 114 valence electrons. The lowest BCUT2D eigenvalue weighted by Gasteiger charge is -2.36. The van der Waals surface area contributed by atoms with Gasteiger partial charge in [0.15, 0.2) is 0 Å². The number of ether oxygens (including phenoxy) is 1. The Morgan fingerprint density at radius 1 is 1.43 bits per heavy atom. The lowest BCUT2D eigenvalue weighted by molar-refractivity contribution is 0.0526. The predicted octanol–water partition coefficient (Wildman–Crippen LogP) is 3.11. The average Bonchev–Trinajstić information content (AvgIpc) is 2.47. The first kappa shape index (κ1) is 15.4. The summed E-state index contributed by atoms with van der Waals surface area (Å²) in [7, 11) is 0. The minimum Gasteiger partial charge on any atom is -0.465 e. The molecule has 0 bridgehead atoms. The van der Waals surface area contributed by atoms with Gasteiger partial charge in [-0.25, -0.2) is 9.59 Å². The summed E-state index contributed by atoms with van der Waals surface area (Å²) in [6.45, 7) is 4.60. The van der Waals surface area contributed by atoms with Crippen molar-refractivity contribution >= 4 is 12.1 Å². The van der Waals surface area contributed by atoms with Crippen LogP contribution in [0, 0.1) is 0 Å². The van der Waals surface area contributed by atoms with Gasteiger partial charge in [0.2, 0.25) is 0 Å². The molecule has 0 aliphatic carbocycles. The third-order valence-electron chi connectivity index (χ3n) is 3.99. The molecule has 0 aromatic heterocycles. The number of carbonyl (C=O) groups is 2. The normalized spacial score (nSPS) is 21.9. The van der Waals surface area contributed by atoms with E-state index in [0.717, 1.165) is 18.4 Å². The van der Waals surface area contributed by atoms with Crippen molar-refractivity contribution in [2.75, 3.05) is 13.2 Å². The number of piperidine rings is 1. The van der Waals surface area contributed by atoms with E-state index in [2.05, 4.69) is 0 Å². The van der Waals surface area contributed by atoms with E-state index in [9.17, 15) is 9.59 Å². The van der Waals surface area contributed by atoms with E-state index < -0.39 is 6.09 Å². The number of likely N-dealkylation sites (tertiary alicyclic amines) is 1. The zero-order chi connectivity index (χ0) is 15.4. The summed E-state index contributed by atoms with van der Waals surface area (Å²) < 4.78 is 5.02. The van der Waals surface area contributed by atoms with Gasteiger partial charge in [-0.05, 0) is 50.3 Å². The lowest BCUT2D eigenvalue weighted by atomic mass is 9.85. The van der Waals surface area contributed by atoms with Crippen LogP contribution in [0.5, 0.6) is 0 Å². The van der Waals surface area contributed by atoms with Crippen LogP contribution in [-0.2, 0) is 4.74 Å². The fourth-order valence-corrected chi connectivity index (χ4v) is 2.89. The summed E-state index contributed by atoms with van der Waals surface area (Å²) >= 11 is 0. The van der Waals surface area contributed by atoms with Crippen molar-refractivity contribution in [1.82, 2.24) is 4.90 Å². The zero-order valence-electron chi connectivity index (χ0n) is 12.4. The Bertz CT molecular complexity index is 529. The van der Waals surface area contributed by atoms with Crippen LogP contribution in [0.3, 0.4) is 0 Å². The molecule has 0 saturated carbocycles. The molecule has 2 rings (SSSR count). The molecule has 1 aliphatic rings. The molecule has 5 heteroatoms. The van der Waals surface area contributed by atoms with Crippen LogP contribution in [0.25, 0.3) is 0 Å². The number of amides is 1. The Morgan fingerprint density at radius 3 is 2.81 bits per heavy atom. The molecule has 2 unspecified atom stereocenters. The van der Waals surface area contributed by atoms with Gasteiger partial charge in [0.25, 0.3) is 0 Å². The Kier molecular flexibility index (Phi) is 4.83. The van der Waals surface area contributed by atoms with Gasteiger partial charge in [0.05, 0.1) is 12.2 Å². The van der Waals surface area contributed by atoms with Crippen molar-refractivity contribution in [1.29, 1.82) is 0 Å². The van der Waals surface area contributed by atoms with Crippen molar-refractivity contribution < 1.29 is 19.4 Å². The quantitative estimate of drug-likeness (QED) is 0.869. The van der Waals surface area contributed by atoms with Crippen LogP contribution in [0.4, 0.5) is 4.79 Å². The summed E-state index contributed by atoms with van der Waals surface area (Å²) in [5.41, 5.74) is 1.64. The summed E-state index contributed by atoms with van der Waals surface area (Å²) in [6, 6.07) is 7.46. The Morgan fingerprint density at radius 2 is 2.19 bits per heavy atom. The maximum absolute atomic E-state index is 11.8. The highest BCUT2D eigenvalue weighted by molar-refractivity contribution is 5.89. The van der Waals surface area contributed by atoms with Gasteiger partial charge in [0, 0.05) is 12.6 Å². The minimum absolute atomic E-state index is 0.00694. The third kappa shape index (κ3) is 3.54. The van der Waals surface area contributed by atoms with Gasteiger partial charge in [0.1, 0.15) is 0 Å². The number of carboxylic acid groups (broad SMARTS) is 1. The number of esters is 1. The Labute approximate surface area is 124 Å². The maximum atomic E-state index is 11.8. The second kappa shape index (κ2) is 6.61. The molecule has 1 aromatic carbocycles. The number of hydrogen-bond donors (Lipinski definition) is 1. The van der Waals surface area contributed by atoms with Gasteiger partial charge >= 0.3 is 12.1 Å². The van der Waals surface area contributed by atoms with Gasteiger partial charge in [-0.3, -0.25) is 0 Å². The standard InChI is InChI=1S/C16H21NO4/c1-3-21-15(18)14-6-4-5-12(10-14)13-7-8-17(16(19)20)11(2)9-13/h4-6,10-11,13H,3,7-9H2,1-2H3,(H,19,20). The highest BCUT2D eigenvalue weighted by atomic mass is 16.5. The molecule has 0 spiro atoms. The van der Waals surface area contributed by atoms with Crippen LogP contribution >= 0.6 is 0 Å². The first-order valence-electron chi connectivity index (χ1n) is 7.29. The second-order valence-electron chi connectivity index (χ2n) is 5.39. The van der Waals surface area contributed by atoms with E-state index in [0.29, 0.717) is 18.7 Å². The van der Waals surface area contributed by atoms with Crippen molar-refractivity contribution in [3.63, 3.8) is 0 Å². The van der Waals surface area contributed by atoms with Crippen molar-refractivity contribution in [2.45, 2.75) is 38.6 Å². The predicted molar refractivity (Wildman–Crippen MR) is 78.6 cm³/mol. The summed E-state index contributed by atoms with van der Waals surface area (Å²) in [4.78, 5) is 24.3. The number of benzene rings is 1. The minimum atomic E-state index is -0.860. The van der Waals surface area contributed by atoms with Crippen LogP contribution in [0.1, 0.15) is 48.5 Å². The molecule has 2 atom stereocenters. The van der Waals surface area contributed by atoms with Crippen LogP contribution < -0.4 is 0 Å². The highest BCUT2D eigenvalue weighted by Gasteiger charge is 2.29. The van der Waals surface area contributed by atoms with Crippen LogP contribution in [0.2, 0.25) is 0 Å². The first-order valence-corrected chi connectivity index (χ1v) is 7.29. The monoisotopic (exact) mass is 291 g/mol. The van der Waals surface area contributed by atoms with Gasteiger partial charge in [-0.1, -0.05) is 12.1 Å². The molecule has 1 saturated heterocycles. The van der Waals surface area contributed by atoms with E-state index >= 15 is 0 Å².